The van der Waals surface area contributed by atoms with E-state index in [2.05, 4.69) is 29.2 Å². The van der Waals surface area contributed by atoms with Crippen molar-refractivity contribution in [2.75, 3.05) is 13.1 Å². The summed E-state index contributed by atoms with van der Waals surface area (Å²) in [5.41, 5.74) is 1.32. The lowest BCUT2D eigenvalue weighted by Gasteiger charge is -2.39. The van der Waals surface area contributed by atoms with Crippen molar-refractivity contribution in [3.05, 3.63) is 40.8 Å². The zero-order valence-electron chi connectivity index (χ0n) is 18.1. The Morgan fingerprint density at radius 1 is 1.17 bits per heavy atom. The fraction of sp³-hybridized carbons (Fsp3) is 0.522. The van der Waals surface area contributed by atoms with Gasteiger partial charge in [0.1, 0.15) is 12.1 Å². The maximum absolute atomic E-state index is 13.0. The summed E-state index contributed by atoms with van der Waals surface area (Å²) in [5.74, 6) is -0.178. The number of aromatic nitrogens is 3. The third kappa shape index (κ3) is 3.86. The standard InChI is InChI=1S/C23H31N5O2/c1-16-8-6-9-17(2)27(16)13-7-12-24-21(29)15-28-23(30)22-19(14-25-28)18-10-4-5-11-20(18)26(22)3/h4-5,10-11,14,16-17H,6-9,12-13,15H2,1-3H3,(H,24,29)/t16-,17+. The quantitative estimate of drug-likeness (QED) is 0.636. The van der Waals surface area contributed by atoms with Gasteiger partial charge in [0.25, 0.3) is 5.56 Å². The Hall–Kier alpha value is -2.67. The number of nitrogens with one attached hydrogen (secondary N) is 1. The van der Waals surface area contributed by atoms with Crippen molar-refractivity contribution < 1.29 is 4.79 Å². The lowest BCUT2D eigenvalue weighted by molar-refractivity contribution is -0.121. The summed E-state index contributed by atoms with van der Waals surface area (Å²) in [5, 5.41) is 9.01. The van der Waals surface area contributed by atoms with E-state index in [1.165, 1.54) is 23.9 Å². The van der Waals surface area contributed by atoms with Gasteiger partial charge in [-0.3, -0.25) is 14.5 Å². The van der Waals surface area contributed by atoms with Crippen LogP contribution < -0.4 is 10.9 Å². The molecule has 0 bridgehead atoms. The van der Waals surface area contributed by atoms with Gasteiger partial charge in [0.2, 0.25) is 5.91 Å². The molecular formula is C23H31N5O2. The maximum Gasteiger partial charge on any atom is 0.291 e. The molecule has 4 rings (SSSR count). The van der Waals surface area contributed by atoms with Gasteiger partial charge >= 0.3 is 0 Å². The first-order valence-corrected chi connectivity index (χ1v) is 10.9. The van der Waals surface area contributed by atoms with Gasteiger partial charge in [-0.15, -0.1) is 0 Å². The number of rotatable bonds is 6. The molecule has 1 aliphatic rings. The van der Waals surface area contributed by atoms with E-state index in [0.717, 1.165) is 29.3 Å². The van der Waals surface area contributed by atoms with Gasteiger partial charge in [0.05, 0.1) is 6.20 Å². The van der Waals surface area contributed by atoms with Crippen LogP contribution in [0.25, 0.3) is 21.8 Å². The van der Waals surface area contributed by atoms with E-state index in [4.69, 9.17) is 0 Å². The molecule has 0 saturated carbocycles. The van der Waals surface area contributed by atoms with Gasteiger partial charge in [0.15, 0.2) is 0 Å². The van der Waals surface area contributed by atoms with Crippen molar-refractivity contribution in [2.45, 2.75) is 58.2 Å². The normalized spacial score (nSPS) is 20.1. The van der Waals surface area contributed by atoms with Crippen LogP contribution in [-0.2, 0) is 18.4 Å². The molecule has 1 fully saturated rings. The van der Waals surface area contributed by atoms with Crippen molar-refractivity contribution in [3.8, 4) is 0 Å². The number of carbonyl (C=O) groups excluding carboxylic acids is 1. The molecule has 1 saturated heterocycles. The average molecular weight is 410 g/mol. The number of piperidine rings is 1. The number of fused-ring (bicyclic) bond motifs is 3. The molecule has 1 amide bonds. The second-order valence-corrected chi connectivity index (χ2v) is 8.52. The smallest absolute Gasteiger partial charge is 0.291 e. The molecule has 3 aromatic rings. The third-order valence-electron chi connectivity index (χ3n) is 6.49. The number of para-hydroxylation sites is 1. The Morgan fingerprint density at radius 3 is 2.67 bits per heavy atom. The van der Waals surface area contributed by atoms with Crippen LogP contribution in [0.3, 0.4) is 0 Å². The summed E-state index contributed by atoms with van der Waals surface area (Å²) in [6.45, 7) is 6.11. The Bertz CT molecular complexity index is 1110. The van der Waals surface area contributed by atoms with E-state index >= 15 is 0 Å². The minimum Gasteiger partial charge on any atom is -0.354 e. The molecule has 3 heterocycles. The summed E-state index contributed by atoms with van der Waals surface area (Å²) in [6.07, 6.45) is 6.40. The molecule has 1 N–H and O–H groups in total. The SMILES string of the molecule is C[C@@H]1CCC[C@H](C)N1CCCNC(=O)Cn1ncc2c3ccccc3n(C)c2c1=O. The second kappa shape index (κ2) is 8.60. The van der Waals surface area contributed by atoms with Gasteiger partial charge in [-0.1, -0.05) is 24.6 Å². The zero-order chi connectivity index (χ0) is 21.3. The predicted octanol–water partition coefficient (Wildman–Crippen LogP) is 2.66. The van der Waals surface area contributed by atoms with Crippen molar-refractivity contribution in [1.82, 2.24) is 24.6 Å². The zero-order valence-corrected chi connectivity index (χ0v) is 18.1. The van der Waals surface area contributed by atoms with Gasteiger partial charge in [0, 0.05) is 48.5 Å². The molecule has 0 spiro atoms. The Morgan fingerprint density at radius 2 is 1.90 bits per heavy atom. The Balaban J connectivity index is 1.39. The van der Waals surface area contributed by atoms with E-state index in [9.17, 15) is 9.59 Å². The van der Waals surface area contributed by atoms with Crippen molar-refractivity contribution in [2.24, 2.45) is 7.05 Å². The highest BCUT2D eigenvalue weighted by atomic mass is 16.2. The topological polar surface area (TPSA) is 72.2 Å². The molecule has 2 aromatic heterocycles. The van der Waals surface area contributed by atoms with E-state index in [1.807, 2.05) is 35.9 Å². The number of nitrogens with zero attached hydrogens (tertiary/aromatic N) is 4. The highest BCUT2D eigenvalue weighted by molar-refractivity contribution is 6.07. The Labute approximate surface area is 176 Å². The highest BCUT2D eigenvalue weighted by Gasteiger charge is 2.23. The largest absolute Gasteiger partial charge is 0.354 e. The molecule has 2 atom stereocenters. The van der Waals surface area contributed by atoms with E-state index in [0.29, 0.717) is 24.1 Å². The van der Waals surface area contributed by atoms with Crippen LogP contribution in [0.5, 0.6) is 0 Å². The molecule has 0 unspecified atom stereocenters. The average Bonchev–Trinajstić information content (AvgIpc) is 3.02. The number of benzene rings is 1. The third-order valence-corrected chi connectivity index (χ3v) is 6.49. The van der Waals surface area contributed by atoms with Crippen LogP contribution in [0, 0.1) is 0 Å². The number of amides is 1. The number of hydrogen-bond donors (Lipinski definition) is 1. The van der Waals surface area contributed by atoms with E-state index < -0.39 is 0 Å². The maximum atomic E-state index is 13.0. The minimum absolute atomic E-state index is 0.0627. The first-order valence-electron chi connectivity index (χ1n) is 10.9. The summed E-state index contributed by atoms with van der Waals surface area (Å²) >= 11 is 0. The number of hydrogen-bond acceptors (Lipinski definition) is 4. The minimum atomic E-state index is -0.239. The fourth-order valence-corrected chi connectivity index (χ4v) is 4.82. The van der Waals surface area contributed by atoms with Crippen molar-refractivity contribution in [3.63, 3.8) is 0 Å². The van der Waals surface area contributed by atoms with Crippen LogP contribution in [-0.4, -0.2) is 50.3 Å². The second-order valence-electron chi connectivity index (χ2n) is 8.52. The van der Waals surface area contributed by atoms with Crippen molar-refractivity contribution in [1.29, 1.82) is 0 Å². The van der Waals surface area contributed by atoms with E-state index in [-0.39, 0.29) is 18.0 Å². The van der Waals surface area contributed by atoms with Gasteiger partial charge in [-0.05, 0) is 39.2 Å². The summed E-state index contributed by atoms with van der Waals surface area (Å²) in [6, 6.07) is 9.09. The molecule has 0 aliphatic carbocycles. The number of aryl methyl sites for hydroxylation is 1. The molecule has 160 valence electrons. The number of carbonyl (C=O) groups is 1. The molecular weight excluding hydrogens is 378 g/mol. The first-order chi connectivity index (χ1) is 14.5. The fourth-order valence-electron chi connectivity index (χ4n) is 4.82. The van der Waals surface area contributed by atoms with Crippen LogP contribution in [0.4, 0.5) is 0 Å². The van der Waals surface area contributed by atoms with E-state index in [1.54, 1.807) is 6.20 Å². The Kier molecular flexibility index (Phi) is 5.90. The van der Waals surface area contributed by atoms with Gasteiger partial charge < -0.3 is 9.88 Å². The van der Waals surface area contributed by atoms with Crippen molar-refractivity contribution >= 4 is 27.7 Å². The van der Waals surface area contributed by atoms with Crippen LogP contribution in [0.15, 0.2) is 35.3 Å². The highest BCUT2D eigenvalue weighted by Crippen LogP contribution is 2.25. The number of likely N-dealkylation sites (tertiary alicyclic amines) is 1. The molecule has 30 heavy (non-hydrogen) atoms. The van der Waals surface area contributed by atoms with Gasteiger partial charge in [-0.2, -0.15) is 5.10 Å². The summed E-state index contributed by atoms with van der Waals surface area (Å²) in [7, 11) is 1.87. The van der Waals surface area contributed by atoms with Crippen LogP contribution in [0.1, 0.15) is 39.5 Å². The molecule has 7 heteroatoms. The summed E-state index contributed by atoms with van der Waals surface area (Å²) in [4.78, 5) is 27.9. The molecule has 7 nitrogen and oxygen atoms in total. The predicted molar refractivity (Wildman–Crippen MR) is 120 cm³/mol. The molecule has 1 aromatic carbocycles. The molecule has 1 aliphatic heterocycles. The summed E-state index contributed by atoms with van der Waals surface area (Å²) < 4.78 is 3.13. The van der Waals surface area contributed by atoms with Crippen LogP contribution >= 0.6 is 0 Å². The first kappa shape index (κ1) is 20.6. The lowest BCUT2D eigenvalue weighted by Crippen LogP contribution is -2.45. The lowest BCUT2D eigenvalue weighted by atomic mass is 9.97. The molecule has 0 radical (unpaired) electrons. The van der Waals surface area contributed by atoms with Crippen LogP contribution in [0.2, 0.25) is 0 Å². The van der Waals surface area contributed by atoms with Gasteiger partial charge in [-0.25, -0.2) is 4.68 Å². The monoisotopic (exact) mass is 409 g/mol.